The largest absolute Gasteiger partial charge is 0.343 e. The Morgan fingerprint density at radius 2 is 1.92 bits per heavy atom. The van der Waals surface area contributed by atoms with Crippen LogP contribution < -0.4 is 0 Å². The third-order valence-electron chi connectivity index (χ3n) is 5.45. The molecule has 0 spiro atoms. The highest BCUT2D eigenvalue weighted by atomic mass is 35.5. The summed E-state index contributed by atoms with van der Waals surface area (Å²) >= 11 is 6.24. The van der Waals surface area contributed by atoms with E-state index in [2.05, 4.69) is 24.3 Å². The Morgan fingerprint density at radius 3 is 2.68 bits per heavy atom. The average molecular weight is 353 g/mol. The molecule has 1 fully saturated rings. The van der Waals surface area contributed by atoms with E-state index in [-0.39, 0.29) is 11.8 Å². The van der Waals surface area contributed by atoms with Crippen molar-refractivity contribution in [1.29, 1.82) is 0 Å². The predicted octanol–water partition coefficient (Wildman–Crippen LogP) is 4.61. The third kappa shape index (κ3) is 3.09. The molecule has 2 aromatic rings. The number of likely N-dealkylation sites (tertiary alicyclic amines) is 1. The van der Waals surface area contributed by atoms with Crippen molar-refractivity contribution in [2.45, 2.75) is 25.7 Å². The minimum atomic E-state index is 0.173. The lowest BCUT2D eigenvalue weighted by molar-refractivity contribution is -0.130. The number of hydrogen-bond acceptors (Lipinski definition) is 2. The summed E-state index contributed by atoms with van der Waals surface area (Å²) < 4.78 is 0. The second-order valence-electron chi connectivity index (χ2n) is 6.91. The number of carbonyl (C=O) groups is 1. The van der Waals surface area contributed by atoms with E-state index in [4.69, 9.17) is 16.6 Å². The summed E-state index contributed by atoms with van der Waals surface area (Å²) in [5.41, 5.74) is 4.78. The first-order valence-electron chi connectivity index (χ1n) is 8.81. The zero-order valence-corrected chi connectivity index (χ0v) is 15.0. The van der Waals surface area contributed by atoms with E-state index in [0.29, 0.717) is 5.92 Å². The highest BCUT2D eigenvalue weighted by molar-refractivity contribution is 6.30. The fourth-order valence-electron chi connectivity index (χ4n) is 4.16. The fraction of sp³-hybridized carbons (Fsp3) is 0.333. The standard InChI is InChI=1S/C21H21ClN2O/c1-14(25)24-11-8-15(9-12-24)20-19-7-6-18(22)13-17(19)5-4-16-3-2-10-23-21(16)20/h2-7,10,13,15,20H,8-9,11-12H2,1H3. The van der Waals surface area contributed by atoms with E-state index in [9.17, 15) is 4.79 Å². The Balaban J connectivity index is 1.76. The van der Waals surface area contributed by atoms with Gasteiger partial charge in [0.25, 0.3) is 0 Å². The van der Waals surface area contributed by atoms with Crippen LogP contribution in [0.5, 0.6) is 0 Å². The maximum absolute atomic E-state index is 11.7. The number of nitrogens with zero attached hydrogens (tertiary/aromatic N) is 2. The molecular weight excluding hydrogens is 332 g/mol. The van der Waals surface area contributed by atoms with Crippen LogP contribution in [0.4, 0.5) is 0 Å². The number of piperidine rings is 1. The molecule has 1 unspecified atom stereocenters. The first-order chi connectivity index (χ1) is 12.1. The van der Waals surface area contributed by atoms with Crippen molar-refractivity contribution >= 4 is 29.7 Å². The van der Waals surface area contributed by atoms with E-state index < -0.39 is 0 Å². The van der Waals surface area contributed by atoms with Crippen LogP contribution >= 0.6 is 11.6 Å². The third-order valence-corrected chi connectivity index (χ3v) is 5.68. The quantitative estimate of drug-likeness (QED) is 0.751. The summed E-state index contributed by atoms with van der Waals surface area (Å²) in [5.74, 6) is 0.892. The van der Waals surface area contributed by atoms with Gasteiger partial charge in [0.05, 0.1) is 5.69 Å². The van der Waals surface area contributed by atoms with Gasteiger partial charge in [-0.05, 0) is 53.6 Å². The number of rotatable bonds is 1. The molecule has 2 aliphatic rings. The summed E-state index contributed by atoms with van der Waals surface area (Å²) in [6.45, 7) is 3.31. The summed E-state index contributed by atoms with van der Waals surface area (Å²) in [4.78, 5) is 18.4. The highest BCUT2D eigenvalue weighted by Gasteiger charge is 2.33. The minimum Gasteiger partial charge on any atom is -0.343 e. The van der Waals surface area contributed by atoms with E-state index in [1.807, 2.05) is 29.3 Å². The number of hydrogen-bond donors (Lipinski definition) is 0. The molecule has 0 radical (unpaired) electrons. The number of carbonyl (C=O) groups excluding carboxylic acids is 1. The van der Waals surface area contributed by atoms with Crippen molar-refractivity contribution in [3.63, 3.8) is 0 Å². The molecule has 3 nitrogen and oxygen atoms in total. The Kier molecular flexibility index (Phi) is 4.34. The van der Waals surface area contributed by atoms with Crippen LogP contribution in [-0.2, 0) is 4.79 Å². The van der Waals surface area contributed by atoms with Crippen molar-refractivity contribution in [2.75, 3.05) is 13.1 Å². The van der Waals surface area contributed by atoms with Gasteiger partial charge in [0.15, 0.2) is 0 Å². The lowest BCUT2D eigenvalue weighted by atomic mass is 9.76. The van der Waals surface area contributed by atoms with Crippen molar-refractivity contribution in [3.8, 4) is 0 Å². The van der Waals surface area contributed by atoms with Gasteiger partial charge >= 0.3 is 0 Å². The zero-order chi connectivity index (χ0) is 17.4. The molecule has 0 N–H and O–H groups in total. The molecule has 25 heavy (non-hydrogen) atoms. The zero-order valence-electron chi connectivity index (χ0n) is 14.3. The number of halogens is 1. The minimum absolute atomic E-state index is 0.173. The van der Waals surface area contributed by atoms with Gasteiger partial charge in [0.2, 0.25) is 5.91 Å². The maximum Gasteiger partial charge on any atom is 0.219 e. The molecular formula is C21H21ClN2O. The van der Waals surface area contributed by atoms with Gasteiger partial charge in [-0.25, -0.2) is 0 Å². The number of pyridine rings is 1. The fourth-order valence-corrected chi connectivity index (χ4v) is 4.34. The number of amides is 1. The molecule has 1 amide bonds. The van der Waals surface area contributed by atoms with Gasteiger partial charge in [0, 0.05) is 37.2 Å². The molecule has 1 aliphatic heterocycles. The normalized spacial score (nSPS) is 19.9. The Bertz CT molecular complexity index is 838. The monoisotopic (exact) mass is 352 g/mol. The Labute approximate surface area is 153 Å². The van der Waals surface area contributed by atoms with E-state index in [1.165, 1.54) is 16.7 Å². The Hall–Kier alpha value is -2.13. The molecule has 1 aromatic heterocycles. The van der Waals surface area contributed by atoms with Crippen LogP contribution in [-0.4, -0.2) is 28.9 Å². The number of fused-ring (bicyclic) bond motifs is 2. The second-order valence-corrected chi connectivity index (χ2v) is 7.34. The highest BCUT2D eigenvalue weighted by Crippen LogP contribution is 2.42. The van der Waals surface area contributed by atoms with Crippen molar-refractivity contribution in [2.24, 2.45) is 5.92 Å². The molecule has 1 aromatic carbocycles. The molecule has 2 heterocycles. The molecule has 1 saturated heterocycles. The van der Waals surface area contributed by atoms with Crippen molar-refractivity contribution in [1.82, 2.24) is 9.88 Å². The Morgan fingerprint density at radius 1 is 1.16 bits per heavy atom. The predicted molar refractivity (Wildman–Crippen MR) is 101 cm³/mol. The first kappa shape index (κ1) is 16.3. The molecule has 128 valence electrons. The second kappa shape index (κ2) is 6.64. The van der Waals surface area contributed by atoms with Crippen molar-refractivity contribution in [3.05, 3.63) is 63.9 Å². The van der Waals surface area contributed by atoms with Crippen LogP contribution in [0.25, 0.3) is 12.2 Å². The molecule has 1 atom stereocenters. The molecule has 1 aliphatic carbocycles. The lowest BCUT2D eigenvalue weighted by Crippen LogP contribution is -2.38. The van der Waals surface area contributed by atoms with Gasteiger partial charge in [-0.1, -0.05) is 35.9 Å². The van der Waals surface area contributed by atoms with E-state index in [1.54, 1.807) is 6.92 Å². The molecule has 0 bridgehead atoms. The maximum atomic E-state index is 11.7. The SMILES string of the molecule is CC(=O)N1CCC(C2c3ccc(Cl)cc3C=Cc3cccnc32)CC1. The van der Waals surface area contributed by atoms with Gasteiger partial charge in [-0.3, -0.25) is 9.78 Å². The molecule has 0 saturated carbocycles. The van der Waals surface area contributed by atoms with Crippen molar-refractivity contribution < 1.29 is 4.79 Å². The summed E-state index contributed by atoms with van der Waals surface area (Å²) in [5, 5.41) is 0.757. The molecule has 4 heteroatoms. The van der Waals surface area contributed by atoms with E-state index >= 15 is 0 Å². The van der Waals surface area contributed by atoms with Gasteiger partial charge < -0.3 is 4.90 Å². The van der Waals surface area contributed by atoms with E-state index in [0.717, 1.165) is 36.6 Å². The number of aromatic nitrogens is 1. The smallest absolute Gasteiger partial charge is 0.219 e. The van der Waals surface area contributed by atoms with Crippen LogP contribution in [0.3, 0.4) is 0 Å². The van der Waals surface area contributed by atoms with Crippen LogP contribution in [0.15, 0.2) is 36.5 Å². The van der Waals surface area contributed by atoms with Crippen LogP contribution in [0.2, 0.25) is 5.02 Å². The van der Waals surface area contributed by atoms with Gasteiger partial charge in [-0.2, -0.15) is 0 Å². The first-order valence-corrected chi connectivity index (χ1v) is 9.19. The topological polar surface area (TPSA) is 33.2 Å². The molecule has 4 rings (SSSR count). The number of benzene rings is 1. The summed E-state index contributed by atoms with van der Waals surface area (Å²) in [6.07, 6.45) is 8.17. The average Bonchev–Trinajstić information content (AvgIpc) is 2.78. The van der Waals surface area contributed by atoms with Gasteiger partial charge in [-0.15, -0.1) is 0 Å². The van der Waals surface area contributed by atoms with Crippen LogP contribution in [0.1, 0.15) is 48.1 Å². The van der Waals surface area contributed by atoms with Gasteiger partial charge in [0.1, 0.15) is 0 Å². The lowest BCUT2D eigenvalue weighted by Gasteiger charge is -2.36. The summed E-state index contributed by atoms with van der Waals surface area (Å²) in [7, 11) is 0. The summed E-state index contributed by atoms with van der Waals surface area (Å²) in [6, 6.07) is 10.3. The van der Waals surface area contributed by atoms with Crippen LogP contribution in [0, 0.1) is 5.92 Å².